The van der Waals surface area contributed by atoms with Crippen molar-refractivity contribution in [2.45, 2.75) is 25.4 Å². The normalized spacial score (nSPS) is 25.7. The first-order valence-electron chi connectivity index (χ1n) is 9.48. The van der Waals surface area contributed by atoms with Crippen LogP contribution in [-0.2, 0) is 6.42 Å². The summed E-state index contributed by atoms with van der Waals surface area (Å²) in [5.74, 6) is 1.05. The first-order chi connectivity index (χ1) is 13.9. The Hall–Kier alpha value is -2.74. The lowest BCUT2D eigenvalue weighted by molar-refractivity contribution is -0.0871. The number of amides is 2. The topological polar surface area (TPSA) is 105 Å². The Labute approximate surface area is 172 Å². The predicted octanol–water partition coefficient (Wildman–Crippen LogP) is 3.07. The summed E-state index contributed by atoms with van der Waals surface area (Å²) < 4.78 is 11.6. The molecule has 1 aromatic heterocycles. The number of carboxylic acid groups (broad SMARTS) is 1. The van der Waals surface area contributed by atoms with Crippen molar-refractivity contribution in [3.05, 3.63) is 46.8 Å². The van der Waals surface area contributed by atoms with Crippen molar-refractivity contribution in [3.63, 3.8) is 0 Å². The molecule has 8 nitrogen and oxygen atoms in total. The molecule has 1 saturated heterocycles. The zero-order chi connectivity index (χ0) is 20.6. The molecule has 2 fully saturated rings. The van der Waals surface area contributed by atoms with Crippen LogP contribution >= 0.6 is 11.6 Å². The molecule has 1 saturated carbocycles. The van der Waals surface area contributed by atoms with Gasteiger partial charge in [-0.3, -0.25) is 4.79 Å². The number of nitrogens with one attached hydrogen (secondary N) is 1. The zero-order valence-electron chi connectivity index (χ0n) is 15.9. The van der Waals surface area contributed by atoms with Gasteiger partial charge in [-0.25, -0.2) is 4.79 Å². The molecule has 2 N–H and O–H groups in total. The number of carbonyl (C=O) groups is 2. The van der Waals surface area contributed by atoms with Gasteiger partial charge in [0.1, 0.15) is 17.6 Å². The van der Waals surface area contributed by atoms with E-state index in [0.29, 0.717) is 30.3 Å². The summed E-state index contributed by atoms with van der Waals surface area (Å²) in [6.07, 6.45) is 1.08. The van der Waals surface area contributed by atoms with Crippen LogP contribution in [0.3, 0.4) is 0 Å². The van der Waals surface area contributed by atoms with Gasteiger partial charge in [-0.15, -0.1) is 0 Å². The van der Waals surface area contributed by atoms with Crippen molar-refractivity contribution in [3.8, 4) is 5.75 Å². The maximum atomic E-state index is 11.8. The van der Waals surface area contributed by atoms with Gasteiger partial charge < -0.3 is 24.6 Å². The van der Waals surface area contributed by atoms with Crippen LogP contribution < -0.4 is 10.1 Å². The molecule has 1 spiro atoms. The van der Waals surface area contributed by atoms with Crippen LogP contribution in [0.15, 0.2) is 34.9 Å². The third-order valence-electron chi connectivity index (χ3n) is 6.04. The Morgan fingerprint density at radius 1 is 1.41 bits per heavy atom. The Morgan fingerprint density at radius 2 is 2.17 bits per heavy atom. The van der Waals surface area contributed by atoms with E-state index >= 15 is 0 Å². The summed E-state index contributed by atoms with van der Waals surface area (Å²) in [5, 5.41) is 16.4. The second kappa shape index (κ2) is 7.59. The molecule has 3 atom stereocenters. The highest BCUT2D eigenvalue weighted by Crippen LogP contribution is 2.55. The molecule has 2 aliphatic rings. The average molecular weight is 420 g/mol. The van der Waals surface area contributed by atoms with Crippen LogP contribution in [0.2, 0.25) is 5.02 Å². The fraction of sp³-hybridized carbons (Fsp3) is 0.450. The summed E-state index contributed by atoms with van der Waals surface area (Å²) in [5.41, 5.74) is 0.0692. The molecular weight excluding hydrogens is 398 g/mol. The zero-order valence-corrected chi connectivity index (χ0v) is 16.7. The summed E-state index contributed by atoms with van der Waals surface area (Å²) >= 11 is 5.95. The molecule has 9 heteroatoms. The predicted molar refractivity (Wildman–Crippen MR) is 104 cm³/mol. The molecule has 1 aliphatic heterocycles. The van der Waals surface area contributed by atoms with E-state index in [-0.39, 0.29) is 29.0 Å². The fourth-order valence-electron chi connectivity index (χ4n) is 4.48. The number of halogens is 1. The van der Waals surface area contributed by atoms with E-state index in [1.807, 2.05) is 12.1 Å². The number of hydrogen-bond donors (Lipinski definition) is 2. The van der Waals surface area contributed by atoms with Crippen LogP contribution in [0, 0.1) is 11.3 Å². The minimum Gasteiger partial charge on any atom is -0.490 e. The monoisotopic (exact) mass is 419 g/mol. The SMILES string of the molecule is CNC(=O)c1cc(CC2C(Oc3ccc(Cl)cc3)CC23CCN(C(=O)O)C3)on1. The lowest BCUT2D eigenvalue weighted by atomic mass is 9.56. The number of benzene rings is 1. The maximum Gasteiger partial charge on any atom is 0.407 e. The minimum absolute atomic E-state index is 0.0491. The van der Waals surface area contributed by atoms with Gasteiger partial charge in [0.25, 0.3) is 5.91 Å². The maximum absolute atomic E-state index is 11.8. The van der Waals surface area contributed by atoms with Gasteiger partial charge in [-0.2, -0.15) is 0 Å². The van der Waals surface area contributed by atoms with Gasteiger partial charge in [-0.1, -0.05) is 16.8 Å². The second-order valence-electron chi connectivity index (χ2n) is 7.70. The highest BCUT2D eigenvalue weighted by atomic mass is 35.5. The third-order valence-corrected chi connectivity index (χ3v) is 6.29. The second-order valence-corrected chi connectivity index (χ2v) is 8.14. The van der Waals surface area contributed by atoms with Crippen molar-refractivity contribution in [1.29, 1.82) is 0 Å². The van der Waals surface area contributed by atoms with E-state index in [9.17, 15) is 14.7 Å². The number of hydrogen-bond acceptors (Lipinski definition) is 5. The van der Waals surface area contributed by atoms with Gasteiger partial charge in [0.05, 0.1) is 0 Å². The molecule has 4 rings (SSSR count). The highest BCUT2D eigenvalue weighted by molar-refractivity contribution is 6.30. The molecule has 0 radical (unpaired) electrons. The smallest absolute Gasteiger partial charge is 0.407 e. The van der Waals surface area contributed by atoms with Crippen molar-refractivity contribution < 1.29 is 24.0 Å². The van der Waals surface area contributed by atoms with E-state index in [1.54, 1.807) is 18.2 Å². The molecule has 2 heterocycles. The van der Waals surface area contributed by atoms with Crippen LogP contribution in [0.4, 0.5) is 4.79 Å². The quantitative estimate of drug-likeness (QED) is 0.771. The lowest BCUT2D eigenvalue weighted by Crippen LogP contribution is -2.56. The molecule has 1 aromatic carbocycles. The first kappa shape index (κ1) is 19.6. The van der Waals surface area contributed by atoms with Crippen LogP contribution in [0.25, 0.3) is 0 Å². The van der Waals surface area contributed by atoms with Gasteiger partial charge in [0.15, 0.2) is 5.69 Å². The summed E-state index contributed by atoms with van der Waals surface area (Å²) in [6, 6.07) is 8.82. The summed E-state index contributed by atoms with van der Waals surface area (Å²) in [7, 11) is 1.53. The molecule has 0 bridgehead atoms. The third kappa shape index (κ3) is 3.76. The van der Waals surface area contributed by atoms with E-state index < -0.39 is 6.09 Å². The molecule has 3 unspecified atom stereocenters. The number of ether oxygens (including phenoxy) is 1. The van der Waals surface area contributed by atoms with Crippen LogP contribution in [0.1, 0.15) is 29.1 Å². The average Bonchev–Trinajstić information content (AvgIpc) is 3.36. The standard InChI is InChI=1S/C20H22ClN3O5/c1-22-18(25)16-9-14(29-23-16)8-15-17(28-13-4-2-12(21)3-5-13)10-20(15)6-7-24(11-20)19(26)27/h2-5,9,15,17H,6-8,10-11H2,1H3,(H,22,25)(H,26,27). The van der Waals surface area contributed by atoms with Gasteiger partial charge in [-0.05, 0) is 37.1 Å². The van der Waals surface area contributed by atoms with Crippen LogP contribution in [-0.4, -0.2) is 53.4 Å². The first-order valence-corrected chi connectivity index (χ1v) is 9.86. The largest absolute Gasteiger partial charge is 0.490 e. The number of aromatic nitrogens is 1. The lowest BCUT2D eigenvalue weighted by Gasteiger charge is -2.52. The van der Waals surface area contributed by atoms with Crippen molar-refractivity contribution >= 4 is 23.6 Å². The minimum atomic E-state index is -0.899. The Morgan fingerprint density at radius 3 is 2.83 bits per heavy atom. The molecular formula is C20H22ClN3O5. The molecule has 154 valence electrons. The van der Waals surface area contributed by atoms with E-state index in [4.69, 9.17) is 20.9 Å². The number of likely N-dealkylation sites (tertiary alicyclic amines) is 1. The molecule has 1 aliphatic carbocycles. The summed E-state index contributed by atoms with van der Waals surface area (Å²) in [4.78, 5) is 24.6. The Kier molecular flexibility index (Phi) is 5.12. The Balaban J connectivity index is 1.53. The summed E-state index contributed by atoms with van der Waals surface area (Å²) in [6.45, 7) is 0.989. The molecule has 2 amide bonds. The molecule has 29 heavy (non-hydrogen) atoms. The van der Waals surface area contributed by atoms with Gasteiger partial charge in [0, 0.05) is 49.0 Å². The highest BCUT2D eigenvalue weighted by Gasteiger charge is 2.58. The van der Waals surface area contributed by atoms with Crippen molar-refractivity contribution in [1.82, 2.24) is 15.4 Å². The van der Waals surface area contributed by atoms with Gasteiger partial charge in [0.2, 0.25) is 0 Å². The van der Waals surface area contributed by atoms with Crippen molar-refractivity contribution in [2.75, 3.05) is 20.1 Å². The van der Waals surface area contributed by atoms with E-state index in [2.05, 4.69) is 10.5 Å². The van der Waals surface area contributed by atoms with Crippen molar-refractivity contribution in [2.24, 2.45) is 11.3 Å². The number of nitrogens with zero attached hydrogens (tertiary/aromatic N) is 2. The van der Waals surface area contributed by atoms with E-state index in [0.717, 1.165) is 18.6 Å². The Bertz CT molecular complexity index is 915. The number of carbonyl (C=O) groups excluding carboxylic acids is 1. The number of rotatable bonds is 5. The van der Waals surface area contributed by atoms with Gasteiger partial charge >= 0.3 is 6.09 Å². The van der Waals surface area contributed by atoms with Crippen LogP contribution in [0.5, 0.6) is 5.75 Å². The van der Waals surface area contributed by atoms with E-state index in [1.165, 1.54) is 11.9 Å². The fourth-order valence-corrected chi connectivity index (χ4v) is 4.60. The molecule has 2 aromatic rings.